The highest BCUT2D eigenvalue weighted by Crippen LogP contribution is 2.21. The SMILES string of the molecule is COC[C@@H]1C[C@H](OC)CN1C(=O)COc1ccccc1C#N. The molecule has 0 saturated carbocycles. The Morgan fingerprint density at radius 1 is 1.41 bits per heavy atom. The smallest absolute Gasteiger partial charge is 0.260 e. The summed E-state index contributed by atoms with van der Waals surface area (Å²) in [6.07, 6.45) is 0.778. The largest absolute Gasteiger partial charge is 0.482 e. The Morgan fingerprint density at radius 2 is 2.18 bits per heavy atom. The van der Waals surface area contributed by atoms with Gasteiger partial charge in [-0.25, -0.2) is 0 Å². The number of methoxy groups -OCH3 is 2. The van der Waals surface area contributed by atoms with E-state index in [1.807, 2.05) is 6.07 Å². The lowest BCUT2D eigenvalue weighted by Crippen LogP contribution is -2.41. The maximum absolute atomic E-state index is 12.4. The number of hydrogen-bond donors (Lipinski definition) is 0. The summed E-state index contributed by atoms with van der Waals surface area (Å²) in [5.74, 6) is 0.290. The van der Waals surface area contributed by atoms with Crippen LogP contribution >= 0.6 is 0 Å². The quantitative estimate of drug-likeness (QED) is 0.789. The number of benzene rings is 1. The molecule has 0 N–H and O–H groups in total. The number of likely N-dealkylation sites (tertiary alicyclic amines) is 1. The topological polar surface area (TPSA) is 71.8 Å². The van der Waals surface area contributed by atoms with Crippen molar-refractivity contribution in [3.05, 3.63) is 29.8 Å². The number of carbonyl (C=O) groups is 1. The fourth-order valence-electron chi connectivity index (χ4n) is 2.61. The number of nitrogens with zero attached hydrogens (tertiary/aromatic N) is 2. The Kier molecular flexibility index (Phi) is 5.75. The molecule has 2 atom stereocenters. The third-order valence-corrected chi connectivity index (χ3v) is 3.75. The van der Waals surface area contributed by atoms with Crippen LogP contribution in [0.3, 0.4) is 0 Å². The molecule has 1 aliphatic rings. The van der Waals surface area contributed by atoms with E-state index in [2.05, 4.69) is 0 Å². The molecule has 1 aromatic carbocycles. The molecule has 6 nitrogen and oxygen atoms in total. The van der Waals surface area contributed by atoms with Crippen molar-refractivity contribution >= 4 is 5.91 Å². The van der Waals surface area contributed by atoms with Crippen LogP contribution in [0, 0.1) is 11.3 Å². The van der Waals surface area contributed by atoms with Gasteiger partial charge < -0.3 is 19.1 Å². The van der Waals surface area contributed by atoms with E-state index in [0.717, 1.165) is 6.42 Å². The second-order valence-electron chi connectivity index (χ2n) is 5.15. The molecular weight excluding hydrogens is 284 g/mol. The molecule has 1 saturated heterocycles. The first kappa shape index (κ1) is 16.3. The molecular formula is C16H20N2O4. The van der Waals surface area contributed by atoms with Gasteiger partial charge in [-0.1, -0.05) is 12.1 Å². The van der Waals surface area contributed by atoms with Crippen LogP contribution in [-0.4, -0.2) is 56.9 Å². The average molecular weight is 304 g/mol. The Morgan fingerprint density at radius 3 is 2.86 bits per heavy atom. The second-order valence-corrected chi connectivity index (χ2v) is 5.15. The minimum Gasteiger partial charge on any atom is -0.482 e. The number of para-hydroxylation sites is 1. The van der Waals surface area contributed by atoms with Crippen LogP contribution in [0.5, 0.6) is 5.75 Å². The summed E-state index contributed by atoms with van der Waals surface area (Å²) in [5.41, 5.74) is 0.417. The van der Waals surface area contributed by atoms with E-state index < -0.39 is 0 Å². The van der Waals surface area contributed by atoms with E-state index in [9.17, 15) is 4.79 Å². The molecule has 22 heavy (non-hydrogen) atoms. The second kappa shape index (κ2) is 7.78. The van der Waals surface area contributed by atoms with Crippen LogP contribution in [0.1, 0.15) is 12.0 Å². The van der Waals surface area contributed by atoms with Crippen molar-refractivity contribution in [3.8, 4) is 11.8 Å². The lowest BCUT2D eigenvalue weighted by atomic mass is 10.2. The molecule has 2 rings (SSSR count). The lowest BCUT2D eigenvalue weighted by Gasteiger charge is -2.23. The van der Waals surface area contributed by atoms with Gasteiger partial charge in [0, 0.05) is 20.8 Å². The zero-order chi connectivity index (χ0) is 15.9. The first-order valence-corrected chi connectivity index (χ1v) is 7.12. The third-order valence-electron chi connectivity index (χ3n) is 3.75. The van der Waals surface area contributed by atoms with Gasteiger partial charge in [0.15, 0.2) is 6.61 Å². The van der Waals surface area contributed by atoms with Crippen molar-refractivity contribution in [1.82, 2.24) is 4.90 Å². The minimum absolute atomic E-state index is 0.00254. The molecule has 6 heteroatoms. The molecule has 0 radical (unpaired) electrons. The van der Waals surface area contributed by atoms with Gasteiger partial charge in [0.25, 0.3) is 5.91 Å². The van der Waals surface area contributed by atoms with Crippen LogP contribution in [0.2, 0.25) is 0 Å². The third kappa shape index (κ3) is 3.75. The Bertz CT molecular complexity index is 555. The van der Waals surface area contributed by atoms with Crippen LogP contribution in [0.25, 0.3) is 0 Å². The maximum atomic E-state index is 12.4. The number of ether oxygens (including phenoxy) is 3. The Labute approximate surface area is 130 Å². The van der Waals surface area contributed by atoms with Crippen LogP contribution in [0.15, 0.2) is 24.3 Å². The highest BCUT2D eigenvalue weighted by Gasteiger charge is 2.35. The summed E-state index contributed by atoms with van der Waals surface area (Å²) < 4.78 is 16.0. The summed E-state index contributed by atoms with van der Waals surface area (Å²) in [6, 6.07) is 8.90. The van der Waals surface area contributed by atoms with Gasteiger partial charge in [-0.2, -0.15) is 5.26 Å². The highest BCUT2D eigenvalue weighted by molar-refractivity contribution is 5.78. The molecule has 1 aliphatic heterocycles. The first-order chi connectivity index (χ1) is 10.7. The molecule has 0 aliphatic carbocycles. The molecule has 0 bridgehead atoms. The van der Waals surface area contributed by atoms with E-state index in [1.165, 1.54) is 0 Å². The van der Waals surface area contributed by atoms with Crippen LogP contribution in [-0.2, 0) is 14.3 Å². The molecule has 0 spiro atoms. The van der Waals surface area contributed by atoms with Gasteiger partial charge in [0.2, 0.25) is 0 Å². The standard InChI is InChI=1S/C16H20N2O4/c1-20-10-13-7-14(21-2)9-18(13)16(19)11-22-15-6-4-3-5-12(15)8-17/h3-6,13-14H,7,9-11H2,1-2H3/t13-,14-/m0/s1. The number of hydrogen-bond acceptors (Lipinski definition) is 5. The first-order valence-electron chi connectivity index (χ1n) is 7.12. The van der Waals surface area contributed by atoms with Gasteiger partial charge >= 0.3 is 0 Å². The van der Waals surface area contributed by atoms with E-state index in [4.69, 9.17) is 19.5 Å². The van der Waals surface area contributed by atoms with E-state index in [-0.39, 0.29) is 24.7 Å². The van der Waals surface area contributed by atoms with Gasteiger partial charge in [-0.15, -0.1) is 0 Å². The van der Waals surface area contributed by atoms with Crippen molar-refractivity contribution in [3.63, 3.8) is 0 Å². The predicted octanol–water partition coefficient (Wildman–Crippen LogP) is 1.20. The average Bonchev–Trinajstić information content (AvgIpc) is 2.96. The maximum Gasteiger partial charge on any atom is 0.260 e. The van der Waals surface area contributed by atoms with E-state index in [0.29, 0.717) is 24.5 Å². The van der Waals surface area contributed by atoms with Gasteiger partial charge in [0.05, 0.1) is 24.3 Å². The van der Waals surface area contributed by atoms with Gasteiger partial charge in [0.1, 0.15) is 11.8 Å². The number of rotatable bonds is 6. The molecule has 0 unspecified atom stereocenters. The highest BCUT2D eigenvalue weighted by atomic mass is 16.5. The van der Waals surface area contributed by atoms with Crippen molar-refractivity contribution < 1.29 is 19.0 Å². The van der Waals surface area contributed by atoms with Crippen molar-refractivity contribution in [2.75, 3.05) is 34.0 Å². The summed E-state index contributed by atoms with van der Waals surface area (Å²) in [5, 5.41) is 9.02. The molecule has 1 heterocycles. The summed E-state index contributed by atoms with van der Waals surface area (Å²) >= 11 is 0. The summed E-state index contributed by atoms with van der Waals surface area (Å²) in [4.78, 5) is 14.1. The normalized spacial score (nSPS) is 20.7. The predicted molar refractivity (Wildman–Crippen MR) is 79.4 cm³/mol. The number of amides is 1. The Balaban J connectivity index is 1.97. The monoisotopic (exact) mass is 304 g/mol. The fourth-order valence-corrected chi connectivity index (χ4v) is 2.61. The molecule has 0 aromatic heterocycles. The van der Waals surface area contributed by atoms with Crippen LogP contribution in [0.4, 0.5) is 0 Å². The molecule has 118 valence electrons. The fraction of sp³-hybridized carbons (Fsp3) is 0.500. The van der Waals surface area contributed by atoms with Crippen molar-refractivity contribution in [2.45, 2.75) is 18.6 Å². The molecule has 1 amide bonds. The zero-order valence-electron chi connectivity index (χ0n) is 12.8. The minimum atomic E-state index is -0.130. The molecule has 1 fully saturated rings. The number of nitriles is 1. The van der Waals surface area contributed by atoms with Gasteiger partial charge in [-0.05, 0) is 18.6 Å². The van der Waals surface area contributed by atoms with E-state index in [1.54, 1.807) is 43.4 Å². The van der Waals surface area contributed by atoms with Crippen molar-refractivity contribution in [2.24, 2.45) is 0 Å². The Hall–Kier alpha value is -2.10. The summed E-state index contributed by atoms with van der Waals surface area (Å²) in [7, 11) is 3.25. The summed E-state index contributed by atoms with van der Waals surface area (Å²) in [6.45, 7) is 0.905. The van der Waals surface area contributed by atoms with Gasteiger partial charge in [-0.3, -0.25) is 4.79 Å². The lowest BCUT2D eigenvalue weighted by molar-refractivity contribution is -0.135. The van der Waals surface area contributed by atoms with Crippen LogP contribution < -0.4 is 4.74 Å². The number of carbonyl (C=O) groups excluding carboxylic acids is 1. The zero-order valence-corrected chi connectivity index (χ0v) is 12.8. The molecule has 1 aromatic rings. The van der Waals surface area contributed by atoms with Crippen molar-refractivity contribution in [1.29, 1.82) is 5.26 Å². The van der Waals surface area contributed by atoms with E-state index >= 15 is 0 Å².